The maximum Gasteiger partial charge on any atom is 0.326 e. The van der Waals surface area contributed by atoms with Gasteiger partial charge in [-0.2, -0.15) is 0 Å². The van der Waals surface area contributed by atoms with Gasteiger partial charge in [0.25, 0.3) is 5.91 Å². The molecule has 6 heteroatoms. The number of carbonyl (C=O) groups excluding carboxylic acids is 1. The van der Waals surface area contributed by atoms with Crippen molar-refractivity contribution in [2.24, 2.45) is 0 Å². The number of benzene rings is 2. The number of nitrogens with one attached hydrogen (secondary N) is 1. The Hall–Kier alpha value is -3.67. The van der Waals surface area contributed by atoms with Crippen LogP contribution in [0.15, 0.2) is 67.0 Å². The van der Waals surface area contributed by atoms with E-state index in [0.29, 0.717) is 30.8 Å². The number of aryl methyl sites for hydroxylation is 1. The van der Waals surface area contributed by atoms with Crippen LogP contribution in [0.25, 0.3) is 11.1 Å². The number of carbonyl (C=O) groups is 2. The Morgan fingerprint density at radius 1 is 1.10 bits per heavy atom. The Morgan fingerprint density at radius 3 is 2.72 bits per heavy atom. The van der Waals surface area contributed by atoms with E-state index in [1.165, 1.54) is 0 Å². The lowest BCUT2D eigenvalue weighted by molar-refractivity contribution is -0.139. The summed E-state index contributed by atoms with van der Waals surface area (Å²) in [6.45, 7) is 0.385. The summed E-state index contributed by atoms with van der Waals surface area (Å²) in [7, 11) is 0. The fraction of sp³-hybridized carbons (Fsp3) is 0.174. The molecule has 0 saturated carbocycles. The van der Waals surface area contributed by atoms with Crippen molar-refractivity contribution < 1.29 is 19.4 Å². The molecule has 2 N–H and O–H groups in total. The Labute approximate surface area is 168 Å². The van der Waals surface area contributed by atoms with E-state index >= 15 is 0 Å². The van der Waals surface area contributed by atoms with Crippen molar-refractivity contribution in [1.82, 2.24) is 10.3 Å². The summed E-state index contributed by atoms with van der Waals surface area (Å²) >= 11 is 0. The number of ether oxygens (including phenoxy) is 1. The lowest BCUT2D eigenvalue weighted by Gasteiger charge is -2.21. The van der Waals surface area contributed by atoms with E-state index in [1.54, 1.807) is 24.5 Å². The Morgan fingerprint density at radius 2 is 1.93 bits per heavy atom. The first-order chi connectivity index (χ1) is 14.1. The molecule has 1 amide bonds. The van der Waals surface area contributed by atoms with Crippen LogP contribution in [-0.2, 0) is 17.8 Å². The highest BCUT2D eigenvalue weighted by molar-refractivity contribution is 5.98. The van der Waals surface area contributed by atoms with E-state index in [9.17, 15) is 14.7 Å². The summed E-state index contributed by atoms with van der Waals surface area (Å²) in [5.74, 6) is -0.880. The molecule has 6 nitrogen and oxygen atoms in total. The molecule has 1 aromatic heterocycles. The van der Waals surface area contributed by atoms with E-state index in [0.717, 1.165) is 22.3 Å². The van der Waals surface area contributed by atoms with Crippen LogP contribution in [0.1, 0.15) is 27.9 Å². The SMILES string of the molecule is O=C(NC(CCc1ccccc1)C(=O)O)c1ccc2c(c1)OCc1cnccc1-2. The zero-order valence-electron chi connectivity index (χ0n) is 15.7. The molecule has 0 radical (unpaired) electrons. The van der Waals surface area contributed by atoms with Crippen LogP contribution in [0.2, 0.25) is 0 Å². The molecule has 0 saturated heterocycles. The van der Waals surface area contributed by atoms with Crippen LogP contribution in [0.3, 0.4) is 0 Å². The molecule has 1 atom stereocenters. The van der Waals surface area contributed by atoms with E-state index in [2.05, 4.69) is 10.3 Å². The predicted octanol–water partition coefficient (Wildman–Crippen LogP) is 3.46. The summed E-state index contributed by atoms with van der Waals surface area (Å²) < 4.78 is 5.76. The van der Waals surface area contributed by atoms with Gasteiger partial charge in [0.05, 0.1) is 0 Å². The molecule has 1 aliphatic rings. The Kier molecular flexibility index (Phi) is 5.24. The quantitative estimate of drug-likeness (QED) is 0.675. The number of carboxylic acids is 1. The van der Waals surface area contributed by atoms with Gasteiger partial charge in [0.2, 0.25) is 0 Å². The molecule has 0 bridgehead atoms. The van der Waals surface area contributed by atoms with E-state index in [1.807, 2.05) is 42.5 Å². The fourth-order valence-electron chi connectivity index (χ4n) is 3.42. The van der Waals surface area contributed by atoms with Gasteiger partial charge in [-0.05, 0) is 48.2 Å². The molecule has 146 valence electrons. The fourth-order valence-corrected chi connectivity index (χ4v) is 3.42. The van der Waals surface area contributed by atoms with Crippen LogP contribution in [-0.4, -0.2) is 28.0 Å². The summed E-state index contributed by atoms with van der Waals surface area (Å²) in [4.78, 5) is 28.4. The second-order valence-electron chi connectivity index (χ2n) is 6.92. The monoisotopic (exact) mass is 388 g/mol. The van der Waals surface area contributed by atoms with Crippen LogP contribution < -0.4 is 10.1 Å². The summed E-state index contributed by atoms with van der Waals surface area (Å²) in [6.07, 6.45) is 4.37. The number of hydrogen-bond donors (Lipinski definition) is 2. The van der Waals surface area contributed by atoms with Crippen LogP contribution in [0.5, 0.6) is 5.75 Å². The van der Waals surface area contributed by atoms with Gasteiger partial charge < -0.3 is 15.2 Å². The van der Waals surface area contributed by atoms with Crippen LogP contribution in [0.4, 0.5) is 0 Å². The first kappa shape index (κ1) is 18.7. The van der Waals surface area contributed by atoms with Gasteiger partial charge >= 0.3 is 5.97 Å². The lowest BCUT2D eigenvalue weighted by atomic mass is 9.97. The number of amides is 1. The third-order valence-electron chi connectivity index (χ3n) is 4.99. The van der Waals surface area contributed by atoms with E-state index < -0.39 is 17.9 Å². The highest BCUT2D eigenvalue weighted by Crippen LogP contribution is 2.37. The molecule has 1 aliphatic heterocycles. The molecule has 2 heterocycles. The smallest absolute Gasteiger partial charge is 0.326 e. The molecule has 4 rings (SSSR count). The first-order valence-electron chi connectivity index (χ1n) is 9.39. The van der Waals surface area contributed by atoms with Crippen LogP contribution >= 0.6 is 0 Å². The number of nitrogens with zero attached hydrogens (tertiary/aromatic N) is 1. The van der Waals surface area contributed by atoms with Gasteiger partial charge in [0.1, 0.15) is 18.4 Å². The molecule has 29 heavy (non-hydrogen) atoms. The van der Waals surface area contributed by atoms with Gasteiger partial charge in [0.15, 0.2) is 0 Å². The third-order valence-corrected chi connectivity index (χ3v) is 4.99. The first-order valence-corrected chi connectivity index (χ1v) is 9.39. The number of aromatic nitrogens is 1. The van der Waals surface area contributed by atoms with Crippen molar-refractivity contribution in [2.75, 3.05) is 0 Å². The summed E-state index contributed by atoms with van der Waals surface area (Å²) in [5, 5.41) is 12.1. The normalized spacial score (nSPS) is 12.8. The molecular formula is C23H20N2O4. The average molecular weight is 388 g/mol. The van der Waals surface area contributed by atoms with Gasteiger partial charge in [-0.15, -0.1) is 0 Å². The van der Waals surface area contributed by atoms with E-state index in [-0.39, 0.29) is 0 Å². The number of hydrogen-bond acceptors (Lipinski definition) is 4. The van der Waals surface area contributed by atoms with E-state index in [4.69, 9.17) is 4.74 Å². The molecule has 0 spiro atoms. The minimum Gasteiger partial charge on any atom is -0.488 e. The standard InChI is InChI=1S/C23H20N2O4/c26-22(25-20(23(27)28)9-6-15-4-2-1-3-5-15)16-7-8-19-18-10-11-24-13-17(18)14-29-21(19)12-16/h1-5,7-8,10-13,20H,6,9,14H2,(H,25,26)(H,27,28). The minimum absolute atomic E-state index is 0.312. The van der Waals surface area contributed by atoms with Gasteiger partial charge in [-0.3, -0.25) is 9.78 Å². The zero-order chi connectivity index (χ0) is 20.2. The van der Waals surface area contributed by atoms with Crippen molar-refractivity contribution in [3.05, 3.63) is 83.7 Å². The number of aliphatic carboxylic acids is 1. The minimum atomic E-state index is -1.05. The molecule has 2 aromatic carbocycles. The van der Waals surface area contributed by atoms with Crippen molar-refractivity contribution in [3.8, 4) is 16.9 Å². The number of pyridine rings is 1. The van der Waals surface area contributed by atoms with Gasteiger partial charge in [0, 0.05) is 29.1 Å². The molecule has 0 aliphatic carbocycles. The van der Waals surface area contributed by atoms with Crippen molar-refractivity contribution >= 4 is 11.9 Å². The predicted molar refractivity (Wildman–Crippen MR) is 108 cm³/mol. The summed E-state index contributed by atoms with van der Waals surface area (Å²) in [6, 6.07) is 15.7. The number of carboxylic acid groups (broad SMARTS) is 1. The Bertz CT molecular complexity index is 1050. The van der Waals surface area contributed by atoms with Crippen molar-refractivity contribution in [3.63, 3.8) is 0 Å². The van der Waals surface area contributed by atoms with Gasteiger partial charge in [-0.1, -0.05) is 30.3 Å². The maximum atomic E-state index is 12.7. The van der Waals surface area contributed by atoms with Crippen molar-refractivity contribution in [2.45, 2.75) is 25.5 Å². The third kappa shape index (κ3) is 4.11. The van der Waals surface area contributed by atoms with Crippen LogP contribution in [0, 0.1) is 0 Å². The zero-order valence-corrected chi connectivity index (χ0v) is 15.7. The summed E-state index contributed by atoms with van der Waals surface area (Å²) in [5.41, 5.74) is 4.31. The highest BCUT2D eigenvalue weighted by atomic mass is 16.5. The molecular weight excluding hydrogens is 368 g/mol. The topological polar surface area (TPSA) is 88.5 Å². The number of rotatable bonds is 6. The average Bonchev–Trinajstić information content (AvgIpc) is 2.76. The largest absolute Gasteiger partial charge is 0.488 e. The second kappa shape index (κ2) is 8.14. The molecule has 3 aromatic rings. The number of fused-ring (bicyclic) bond motifs is 3. The lowest BCUT2D eigenvalue weighted by Crippen LogP contribution is -2.41. The van der Waals surface area contributed by atoms with Crippen molar-refractivity contribution in [1.29, 1.82) is 0 Å². The molecule has 0 fully saturated rings. The highest BCUT2D eigenvalue weighted by Gasteiger charge is 2.23. The van der Waals surface area contributed by atoms with Gasteiger partial charge in [-0.25, -0.2) is 4.79 Å². The Balaban J connectivity index is 1.48. The second-order valence-corrected chi connectivity index (χ2v) is 6.92. The maximum absolute atomic E-state index is 12.7. The molecule has 1 unspecified atom stereocenters.